The van der Waals surface area contributed by atoms with E-state index in [2.05, 4.69) is 31.1 Å². The van der Waals surface area contributed by atoms with Crippen LogP contribution in [0, 0.1) is 0 Å². The maximum Gasteiger partial charge on any atom is 0.196 e. The number of hydrogen-bond donors (Lipinski definition) is 7. The van der Waals surface area contributed by atoms with Gasteiger partial charge >= 0.3 is 0 Å². The van der Waals surface area contributed by atoms with Crippen LogP contribution >= 0.6 is 11.6 Å². The summed E-state index contributed by atoms with van der Waals surface area (Å²) in [7, 11) is 0. The van der Waals surface area contributed by atoms with E-state index in [4.69, 9.17) is 25.8 Å². The minimum atomic E-state index is -0.794. The molecule has 4 aromatic rings. The lowest BCUT2D eigenvalue weighted by molar-refractivity contribution is 0.0169. The summed E-state index contributed by atoms with van der Waals surface area (Å²) in [6.45, 7) is 8.70. The Balaban J connectivity index is 0.000000177. The molecule has 344 valence electrons. The van der Waals surface area contributed by atoms with E-state index < -0.39 is 18.3 Å². The van der Waals surface area contributed by atoms with Crippen LogP contribution in [0.1, 0.15) is 63.7 Å². The molecule has 65 heavy (non-hydrogen) atoms. The Labute approximate surface area is 382 Å². The topological polar surface area (TPSA) is 215 Å². The number of alkyl halides is 1. The smallest absolute Gasteiger partial charge is 0.196 e. The number of nitrogens with one attached hydrogen (secondary N) is 4. The molecule has 4 atom stereocenters. The van der Waals surface area contributed by atoms with Gasteiger partial charge in [-0.05, 0) is 24.3 Å². The molecule has 4 unspecified atom stereocenters. The zero-order valence-electron chi connectivity index (χ0n) is 36.0. The first-order valence-corrected chi connectivity index (χ1v) is 22.6. The van der Waals surface area contributed by atoms with Crippen molar-refractivity contribution in [3.05, 3.63) is 117 Å². The van der Waals surface area contributed by atoms with Crippen molar-refractivity contribution in [3.8, 4) is 0 Å². The van der Waals surface area contributed by atoms with Crippen molar-refractivity contribution in [2.75, 3.05) is 126 Å². The summed E-state index contributed by atoms with van der Waals surface area (Å²) < 4.78 is 16.0. The molecule has 5 aliphatic rings. The molecule has 2 aliphatic carbocycles. The van der Waals surface area contributed by atoms with Gasteiger partial charge in [0.05, 0.1) is 85.6 Å². The first-order valence-electron chi connectivity index (χ1n) is 22.1. The SMILES string of the molecule is O=C1c2ccccc2C(=O)c2c(NCC(O)CN3CCOCC3)ccc(NCC(O)CCl)c21.O=C1c2ccccc2C(=O)c2c(NCC3CO3)ccc(NCC(O)CN3CCOCC3)c21. The lowest BCUT2D eigenvalue weighted by Gasteiger charge is -2.29. The van der Waals surface area contributed by atoms with Gasteiger partial charge in [0.15, 0.2) is 23.1 Å². The van der Waals surface area contributed by atoms with Gasteiger partial charge in [-0.25, -0.2) is 0 Å². The number of rotatable bonds is 17. The van der Waals surface area contributed by atoms with Gasteiger partial charge in [-0.3, -0.25) is 29.0 Å². The Hall–Kier alpha value is -5.27. The summed E-state index contributed by atoms with van der Waals surface area (Å²) in [5, 5.41) is 43.6. The number of epoxide rings is 1. The number of aliphatic hydroxyl groups excluding tert-OH is 3. The molecule has 4 aromatic carbocycles. The Morgan fingerprint density at radius 2 is 0.846 bits per heavy atom. The molecule has 3 aliphatic heterocycles. The molecule has 0 spiro atoms. The highest BCUT2D eigenvalue weighted by molar-refractivity contribution is 6.33. The second kappa shape index (κ2) is 21.4. The quantitative estimate of drug-likeness (QED) is 0.0518. The van der Waals surface area contributed by atoms with Gasteiger partial charge in [0, 0.05) is 110 Å². The van der Waals surface area contributed by atoms with Crippen LogP contribution in [0.2, 0.25) is 0 Å². The van der Waals surface area contributed by atoms with Crippen molar-refractivity contribution in [2.45, 2.75) is 24.4 Å². The Morgan fingerprint density at radius 3 is 1.17 bits per heavy atom. The number of carbonyl (C=O) groups excluding carboxylic acids is 4. The molecule has 0 radical (unpaired) electrons. The molecule has 3 saturated heterocycles. The number of anilines is 4. The van der Waals surface area contributed by atoms with E-state index in [0.29, 0.717) is 109 Å². The van der Waals surface area contributed by atoms with Crippen LogP contribution in [0.25, 0.3) is 0 Å². The maximum absolute atomic E-state index is 13.4. The molecule has 17 heteroatoms. The van der Waals surface area contributed by atoms with Crippen LogP contribution in [-0.2, 0) is 14.2 Å². The van der Waals surface area contributed by atoms with Gasteiger partial charge in [-0.1, -0.05) is 48.5 Å². The van der Waals surface area contributed by atoms with Gasteiger partial charge < -0.3 is 50.8 Å². The van der Waals surface area contributed by atoms with Gasteiger partial charge in [0.2, 0.25) is 0 Å². The van der Waals surface area contributed by atoms with Crippen LogP contribution in [0.5, 0.6) is 0 Å². The lowest BCUT2D eigenvalue weighted by Crippen LogP contribution is -2.42. The number of halogens is 1. The Bertz CT molecular complexity index is 2380. The minimum Gasteiger partial charge on any atom is -0.390 e. The molecular weight excluding hydrogens is 856 g/mol. The standard InChI is InChI=1S/C24H28ClN3O5.C24H27N3O5/c25-11-15(29)12-26-19-5-6-20(27-13-16(30)14-28-7-9-33-10-8-28)22-21(19)23(31)17-3-1-2-4-18(17)24(22)32;28-15(13-27-7-9-31-10-8-27)11-25-19-5-6-20(26-12-16-14-32-16)22-21(19)23(29)17-3-1-2-4-18(17)24(22)30/h1-6,15-16,26-27,29-30H,7-14H2;1-6,15-16,25-26,28H,7-14H2. The fourth-order valence-corrected chi connectivity index (χ4v) is 8.58. The zero-order valence-corrected chi connectivity index (χ0v) is 36.8. The molecular formula is C48H55ClN6O10. The summed E-state index contributed by atoms with van der Waals surface area (Å²) in [6, 6.07) is 20.7. The molecule has 7 N–H and O–H groups in total. The number of hydrogen-bond acceptors (Lipinski definition) is 16. The number of carbonyl (C=O) groups is 4. The number of benzene rings is 4. The van der Waals surface area contributed by atoms with Crippen LogP contribution < -0.4 is 21.3 Å². The van der Waals surface area contributed by atoms with Gasteiger partial charge in [0.1, 0.15) is 0 Å². The van der Waals surface area contributed by atoms with Gasteiger partial charge in [-0.2, -0.15) is 0 Å². The maximum atomic E-state index is 13.4. The van der Waals surface area contributed by atoms with Gasteiger partial charge in [-0.15, -0.1) is 11.6 Å². The third kappa shape index (κ3) is 10.9. The summed E-state index contributed by atoms with van der Waals surface area (Å²) in [5.41, 5.74) is 4.91. The fourth-order valence-electron chi connectivity index (χ4n) is 8.48. The zero-order chi connectivity index (χ0) is 45.5. The van der Waals surface area contributed by atoms with Crippen LogP contribution in [0.15, 0.2) is 72.8 Å². The highest BCUT2D eigenvalue weighted by atomic mass is 35.5. The van der Waals surface area contributed by atoms with E-state index in [1.807, 2.05) is 6.07 Å². The third-order valence-electron chi connectivity index (χ3n) is 12.0. The highest BCUT2D eigenvalue weighted by Gasteiger charge is 2.36. The van der Waals surface area contributed by atoms with Crippen LogP contribution in [0.4, 0.5) is 22.7 Å². The predicted octanol–water partition coefficient (Wildman–Crippen LogP) is 2.96. The van der Waals surface area contributed by atoms with Crippen molar-refractivity contribution in [1.82, 2.24) is 9.80 Å². The lowest BCUT2D eigenvalue weighted by atomic mass is 9.82. The van der Waals surface area contributed by atoms with E-state index in [-0.39, 0.29) is 65.9 Å². The first kappa shape index (κ1) is 46.3. The fraction of sp³-hybridized carbons (Fsp3) is 0.417. The number of ether oxygens (including phenoxy) is 3. The normalized spacial score (nSPS) is 19.4. The highest BCUT2D eigenvalue weighted by Crippen LogP contribution is 2.38. The molecule has 0 bridgehead atoms. The molecule has 0 aromatic heterocycles. The second-order valence-corrected chi connectivity index (χ2v) is 17.0. The molecule has 0 saturated carbocycles. The molecule has 3 fully saturated rings. The van der Waals surface area contributed by atoms with E-state index >= 15 is 0 Å². The number of morpholine rings is 2. The Kier molecular flexibility index (Phi) is 15.2. The van der Waals surface area contributed by atoms with Crippen molar-refractivity contribution < 1.29 is 48.7 Å². The molecule has 0 amide bonds. The van der Waals surface area contributed by atoms with Crippen LogP contribution in [0.3, 0.4) is 0 Å². The number of ketones is 4. The molecule has 9 rings (SSSR count). The predicted molar refractivity (Wildman–Crippen MR) is 246 cm³/mol. The first-order chi connectivity index (χ1) is 31.6. The third-order valence-corrected chi connectivity index (χ3v) is 12.3. The van der Waals surface area contributed by atoms with Crippen LogP contribution in [-0.4, -0.2) is 177 Å². The van der Waals surface area contributed by atoms with E-state index in [1.54, 1.807) is 66.7 Å². The summed E-state index contributed by atoms with van der Waals surface area (Å²) in [6.07, 6.45) is -1.93. The van der Waals surface area contributed by atoms with E-state index in [0.717, 1.165) is 26.2 Å². The summed E-state index contributed by atoms with van der Waals surface area (Å²) >= 11 is 5.69. The van der Waals surface area contributed by atoms with Crippen molar-refractivity contribution in [3.63, 3.8) is 0 Å². The summed E-state index contributed by atoms with van der Waals surface area (Å²) in [5.74, 6) is -0.836. The Morgan fingerprint density at radius 1 is 0.523 bits per heavy atom. The van der Waals surface area contributed by atoms with Crippen molar-refractivity contribution in [2.24, 2.45) is 0 Å². The summed E-state index contributed by atoms with van der Waals surface area (Å²) in [4.78, 5) is 57.8. The van der Waals surface area contributed by atoms with Crippen molar-refractivity contribution in [1.29, 1.82) is 0 Å². The average Bonchev–Trinajstić information content (AvgIpc) is 4.17. The number of fused-ring (bicyclic) bond motifs is 4. The minimum absolute atomic E-state index is 0.0472. The monoisotopic (exact) mass is 910 g/mol. The molecule has 16 nitrogen and oxygen atoms in total. The number of aliphatic hydroxyl groups is 3. The largest absolute Gasteiger partial charge is 0.390 e. The molecule has 3 heterocycles. The average molecular weight is 911 g/mol. The van der Waals surface area contributed by atoms with E-state index in [9.17, 15) is 34.5 Å². The van der Waals surface area contributed by atoms with E-state index in [1.165, 1.54) is 0 Å². The van der Waals surface area contributed by atoms with Gasteiger partial charge in [0.25, 0.3) is 0 Å². The second-order valence-electron chi connectivity index (χ2n) is 16.6. The van der Waals surface area contributed by atoms with Crippen molar-refractivity contribution >= 4 is 57.5 Å². The number of β-amino-alcohol motifs (C(OH)–C–C–N with tert-alkyl or cyclic N) is 2. The number of nitrogens with zero attached hydrogens (tertiary/aromatic N) is 2.